The monoisotopic (exact) mass is 289 g/mol. The van der Waals surface area contributed by atoms with E-state index in [1.807, 2.05) is 6.92 Å². The molecule has 21 heavy (non-hydrogen) atoms. The van der Waals surface area contributed by atoms with Crippen LogP contribution in [-0.2, 0) is 0 Å². The van der Waals surface area contributed by atoms with Crippen LogP contribution in [0.15, 0.2) is 36.5 Å². The molecular formula is C16H20FN3O. The average molecular weight is 289 g/mol. The van der Waals surface area contributed by atoms with Gasteiger partial charge < -0.3 is 5.32 Å². The summed E-state index contributed by atoms with van der Waals surface area (Å²) in [6.45, 7) is 8.14. The first-order valence-electron chi connectivity index (χ1n) is 6.90. The second-order valence-electron chi connectivity index (χ2n) is 6.19. The van der Waals surface area contributed by atoms with Crippen LogP contribution in [0.2, 0.25) is 0 Å². The first kappa shape index (κ1) is 15.2. The predicted molar refractivity (Wildman–Crippen MR) is 79.9 cm³/mol. The van der Waals surface area contributed by atoms with Gasteiger partial charge in [0.15, 0.2) is 5.69 Å². The molecule has 1 N–H and O–H groups in total. The van der Waals surface area contributed by atoms with Crippen molar-refractivity contribution in [2.24, 2.45) is 5.41 Å². The van der Waals surface area contributed by atoms with Gasteiger partial charge in [-0.1, -0.05) is 26.8 Å². The molecule has 1 atom stereocenters. The van der Waals surface area contributed by atoms with Crippen molar-refractivity contribution in [3.8, 4) is 5.69 Å². The highest BCUT2D eigenvalue weighted by molar-refractivity contribution is 5.92. The molecule has 4 nitrogen and oxygen atoms in total. The van der Waals surface area contributed by atoms with Crippen LogP contribution >= 0.6 is 0 Å². The lowest BCUT2D eigenvalue weighted by Gasteiger charge is -2.27. The summed E-state index contributed by atoms with van der Waals surface area (Å²) in [5.41, 5.74) is 0.870. The number of benzene rings is 1. The van der Waals surface area contributed by atoms with E-state index >= 15 is 0 Å². The highest BCUT2D eigenvalue weighted by Gasteiger charge is 2.23. The summed E-state index contributed by atoms with van der Waals surface area (Å²) in [6, 6.07) is 7.71. The van der Waals surface area contributed by atoms with Crippen molar-refractivity contribution in [2.45, 2.75) is 33.7 Å². The molecule has 2 aromatic rings. The minimum atomic E-state index is -0.338. The third kappa shape index (κ3) is 3.68. The molecule has 0 radical (unpaired) electrons. The second-order valence-corrected chi connectivity index (χ2v) is 6.19. The van der Waals surface area contributed by atoms with Crippen LogP contribution in [0.25, 0.3) is 5.69 Å². The maximum atomic E-state index is 13.2. The molecule has 0 saturated heterocycles. The van der Waals surface area contributed by atoms with Gasteiger partial charge in [-0.25, -0.2) is 9.07 Å². The molecule has 1 aromatic carbocycles. The van der Waals surface area contributed by atoms with Gasteiger partial charge >= 0.3 is 0 Å². The Labute approximate surface area is 124 Å². The number of aromatic nitrogens is 2. The second kappa shape index (κ2) is 5.68. The summed E-state index contributed by atoms with van der Waals surface area (Å²) in [7, 11) is 0. The van der Waals surface area contributed by atoms with Gasteiger partial charge in [-0.3, -0.25) is 4.79 Å². The Balaban J connectivity index is 2.15. The molecule has 0 saturated carbocycles. The first-order valence-corrected chi connectivity index (χ1v) is 6.90. The molecule has 0 aliphatic heterocycles. The fourth-order valence-corrected chi connectivity index (χ4v) is 1.69. The molecule has 112 valence electrons. The van der Waals surface area contributed by atoms with E-state index in [-0.39, 0.29) is 23.2 Å². The molecule has 2 rings (SSSR count). The summed E-state index contributed by atoms with van der Waals surface area (Å²) in [5, 5.41) is 7.12. The summed E-state index contributed by atoms with van der Waals surface area (Å²) in [5.74, 6) is -0.567. The van der Waals surface area contributed by atoms with Crippen molar-refractivity contribution in [1.82, 2.24) is 15.1 Å². The van der Waals surface area contributed by atoms with Crippen molar-refractivity contribution in [3.63, 3.8) is 0 Å². The quantitative estimate of drug-likeness (QED) is 0.943. The van der Waals surface area contributed by atoms with Crippen LogP contribution in [0.3, 0.4) is 0 Å². The number of rotatable bonds is 3. The largest absolute Gasteiger partial charge is 0.348 e. The Morgan fingerprint density at radius 2 is 2.05 bits per heavy atom. The molecule has 0 bridgehead atoms. The Hall–Kier alpha value is -2.17. The number of hydrogen-bond donors (Lipinski definition) is 1. The van der Waals surface area contributed by atoms with Gasteiger partial charge in [0.2, 0.25) is 0 Å². The van der Waals surface area contributed by atoms with E-state index in [9.17, 15) is 9.18 Å². The van der Waals surface area contributed by atoms with Crippen molar-refractivity contribution in [2.75, 3.05) is 0 Å². The van der Waals surface area contributed by atoms with Crippen molar-refractivity contribution < 1.29 is 9.18 Å². The number of carbonyl (C=O) groups is 1. The lowest BCUT2D eigenvalue weighted by atomic mass is 9.88. The standard InChI is InChI=1S/C16H20FN3O/c1-11(16(2,3)4)18-15(21)14-8-9-20(19-14)13-7-5-6-12(17)10-13/h5-11H,1-4H3,(H,18,21). The van der Waals surface area contributed by atoms with Crippen LogP contribution in [0.5, 0.6) is 0 Å². The Bertz CT molecular complexity index is 643. The smallest absolute Gasteiger partial charge is 0.272 e. The molecule has 1 aromatic heterocycles. The number of halogens is 1. The SMILES string of the molecule is CC(NC(=O)c1ccn(-c2cccc(F)c2)n1)C(C)(C)C. The summed E-state index contributed by atoms with van der Waals surface area (Å²) in [4.78, 5) is 12.2. The van der Waals surface area contributed by atoms with E-state index in [4.69, 9.17) is 0 Å². The topological polar surface area (TPSA) is 46.9 Å². The van der Waals surface area contributed by atoms with E-state index < -0.39 is 0 Å². The highest BCUT2D eigenvalue weighted by Crippen LogP contribution is 2.19. The fraction of sp³-hybridized carbons (Fsp3) is 0.375. The Morgan fingerprint density at radius 1 is 1.33 bits per heavy atom. The summed E-state index contributed by atoms with van der Waals surface area (Å²) < 4.78 is 14.7. The molecule has 0 spiro atoms. The van der Waals surface area contributed by atoms with E-state index in [0.29, 0.717) is 11.4 Å². The lowest BCUT2D eigenvalue weighted by Crippen LogP contribution is -2.41. The Morgan fingerprint density at radius 3 is 2.67 bits per heavy atom. The molecular weight excluding hydrogens is 269 g/mol. The lowest BCUT2D eigenvalue weighted by molar-refractivity contribution is 0.0904. The number of nitrogens with one attached hydrogen (secondary N) is 1. The first-order chi connectivity index (χ1) is 9.77. The van der Waals surface area contributed by atoms with E-state index in [0.717, 1.165) is 0 Å². The minimum absolute atomic E-state index is 0.0179. The van der Waals surface area contributed by atoms with Crippen LogP contribution < -0.4 is 5.32 Å². The normalized spacial score (nSPS) is 13.0. The number of hydrogen-bond acceptors (Lipinski definition) is 2. The predicted octanol–water partition coefficient (Wildman–Crippen LogP) is 3.18. The zero-order valence-electron chi connectivity index (χ0n) is 12.7. The fourth-order valence-electron chi connectivity index (χ4n) is 1.69. The zero-order chi connectivity index (χ0) is 15.6. The summed E-state index contributed by atoms with van der Waals surface area (Å²) >= 11 is 0. The minimum Gasteiger partial charge on any atom is -0.348 e. The van der Waals surface area contributed by atoms with Crippen LogP contribution in [0.1, 0.15) is 38.2 Å². The average Bonchev–Trinajstić information content (AvgIpc) is 2.87. The van der Waals surface area contributed by atoms with Gasteiger partial charge in [0.05, 0.1) is 5.69 Å². The zero-order valence-corrected chi connectivity index (χ0v) is 12.7. The van der Waals surface area contributed by atoms with E-state index in [1.54, 1.807) is 24.4 Å². The van der Waals surface area contributed by atoms with Crippen LogP contribution in [0, 0.1) is 11.2 Å². The summed E-state index contributed by atoms with van der Waals surface area (Å²) in [6.07, 6.45) is 1.64. The Kier molecular flexibility index (Phi) is 4.11. The molecule has 5 heteroatoms. The van der Waals surface area contributed by atoms with Gasteiger partial charge in [0.1, 0.15) is 5.82 Å². The maximum absolute atomic E-state index is 13.2. The highest BCUT2D eigenvalue weighted by atomic mass is 19.1. The van der Waals surface area contributed by atoms with Gasteiger partial charge in [0.25, 0.3) is 5.91 Å². The molecule has 1 amide bonds. The van der Waals surface area contributed by atoms with Gasteiger partial charge in [-0.05, 0) is 36.6 Å². The third-order valence-electron chi connectivity index (χ3n) is 3.54. The third-order valence-corrected chi connectivity index (χ3v) is 3.54. The number of amides is 1. The number of carbonyl (C=O) groups excluding carboxylic acids is 1. The number of nitrogens with zero attached hydrogens (tertiary/aromatic N) is 2. The van der Waals surface area contributed by atoms with Crippen molar-refractivity contribution in [3.05, 3.63) is 48.0 Å². The van der Waals surface area contributed by atoms with E-state index in [2.05, 4.69) is 31.2 Å². The molecule has 1 unspecified atom stereocenters. The molecule has 1 heterocycles. The van der Waals surface area contributed by atoms with Crippen molar-refractivity contribution >= 4 is 5.91 Å². The maximum Gasteiger partial charge on any atom is 0.272 e. The molecule has 0 fully saturated rings. The van der Waals surface area contributed by atoms with Crippen LogP contribution in [0.4, 0.5) is 4.39 Å². The van der Waals surface area contributed by atoms with Crippen molar-refractivity contribution in [1.29, 1.82) is 0 Å². The molecule has 0 aliphatic rings. The van der Waals surface area contributed by atoms with Gasteiger partial charge in [-0.2, -0.15) is 5.10 Å². The van der Waals surface area contributed by atoms with Crippen LogP contribution in [-0.4, -0.2) is 21.7 Å². The van der Waals surface area contributed by atoms with E-state index in [1.165, 1.54) is 16.8 Å². The van der Waals surface area contributed by atoms with Gasteiger partial charge in [0, 0.05) is 12.2 Å². The molecule has 0 aliphatic carbocycles. The van der Waals surface area contributed by atoms with Gasteiger partial charge in [-0.15, -0.1) is 0 Å².